The Balaban J connectivity index is 2.36. The fourth-order valence-corrected chi connectivity index (χ4v) is 2.15. The summed E-state index contributed by atoms with van der Waals surface area (Å²) in [6, 6.07) is 7.30. The summed E-state index contributed by atoms with van der Waals surface area (Å²) < 4.78 is 26.7. The van der Waals surface area contributed by atoms with Crippen molar-refractivity contribution in [3.05, 3.63) is 65.5 Å². The monoisotopic (exact) mass is 262 g/mol. The van der Waals surface area contributed by atoms with Crippen LogP contribution in [0.25, 0.3) is 0 Å². The van der Waals surface area contributed by atoms with Crippen LogP contribution < -0.4 is 5.73 Å². The van der Waals surface area contributed by atoms with Gasteiger partial charge in [-0.1, -0.05) is 13.0 Å². The van der Waals surface area contributed by atoms with Gasteiger partial charge in [-0.05, 0) is 35.7 Å². The van der Waals surface area contributed by atoms with Crippen molar-refractivity contribution in [3.8, 4) is 0 Å². The van der Waals surface area contributed by atoms with Gasteiger partial charge in [0.05, 0.1) is 0 Å². The van der Waals surface area contributed by atoms with Crippen LogP contribution in [0, 0.1) is 11.6 Å². The summed E-state index contributed by atoms with van der Waals surface area (Å²) in [5.41, 5.74) is 6.85. The van der Waals surface area contributed by atoms with Gasteiger partial charge in [0.2, 0.25) is 0 Å². The maximum absolute atomic E-state index is 13.3. The Kier molecular flexibility index (Phi) is 3.90. The lowest BCUT2D eigenvalue weighted by molar-refractivity contribution is 0.469. The minimum absolute atomic E-state index is 0.296. The van der Waals surface area contributed by atoms with E-state index in [0.717, 1.165) is 11.6 Å². The number of halogens is 2. The summed E-state index contributed by atoms with van der Waals surface area (Å²) in [5, 5.41) is 0. The maximum atomic E-state index is 13.3. The second-order valence-electron chi connectivity index (χ2n) is 4.96. The molecular formula is C15H16F2N2. The van der Waals surface area contributed by atoms with E-state index in [1.54, 1.807) is 12.4 Å². The van der Waals surface area contributed by atoms with E-state index < -0.39 is 17.0 Å². The van der Waals surface area contributed by atoms with Crippen LogP contribution in [0.2, 0.25) is 0 Å². The zero-order valence-corrected chi connectivity index (χ0v) is 10.7. The molecule has 0 bridgehead atoms. The van der Waals surface area contributed by atoms with Gasteiger partial charge >= 0.3 is 0 Å². The topological polar surface area (TPSA) is 38.9 Å². The zero-order chi connectivity index (χ0) is 13.9. The van der Waals surface area contributed by atoms with Crippen molar-refractivity contribution >= 4 is 0 Å². The molecule has 0 radical (unpaired) electrons. The number of nitrogens with zero attached hydrogens (tertiary/aromatic N) is 1. The molecule has 0 aliphatic rings. The van der Waals surface area contributed by atoms with Crippen LogP contribution in [0.15, 0.2) is 42.7 Å². The molecule has 2 nitrogen and oxygen atoms in total. The normalized spacial score (nSPS) is 14.1. The van der Waals surface area contributed by atoms with Crippen LogP contribution in [0.1, 0.15) is 18.1 Å². The summed E-state index contributed by atoms with van der Waals surface area (Å²) in [7, 11) is 0. The molecule has 0 fully saturated rings. The molecule has 1 heterocycles. The summed E-state index contributed by atoms with van der Waals surface area (Å²) in [6.07, 6.45) is 4.01. The molecule has 19 heavy (non-hydrogen) atoms. The van der Waals surface area contributed by atoms with Crippen molar-refractivity contribution in [1.82, 2.24) is 4.98 Å². The summed E-state index contributed by atoms with van der Waals surface area (Å²) in [4.78, 5) is 4.04. The van der Waals surface area contributed by atoms with E-state index in [1.165, 1.54) is 12.1 Å². The lowest BCUT2D eigenvalue weighted by Gasteiger charge is -2.29. The predicted octanol–water partition coefficient (Wildman–Crippen LogP) is 2.82. The van der Waals surface area contributed by atoms with Gasteiger partial charge < -0.3 is 5.73 Å². The molecule has 0 spiro atoms. The maximum Gasteiger partial charge on any atom is 0.126 e. The van der Waals surface area contributed by atoms with Crippen molar-refractivity contribution in [2.75, 3.05) is 6.54 Å². The third kappa shape index (κ3) is 3.15. The molecular weight excluding hydrogens is 246 g/mol. The lowest BCUT2D eigenvalue weighted by Crippen LogP contribution is -2.34. The van der Waals surface area contributed by atoms with Crippen LogP contribution in [-0.2, 0) is 11.8 Å². The minimum Gasteiger partial charge on any atom is -0.330 e. The van der Waals surface area contributed by atoms with Gasteiger partial charge in [0.1, 0.15) is 11.6 Å². The van der Waals surface area contributed by atoms with Crippen molar-refractivity contribution < 1.29 is 8.78 Å². The molecule has 2 rings (SSSR count). The van der Waals surface area contributed by atoms with Crippen molar-refractivity contribution in [1.29, 1.82) is 0 Å². The smallest absolute Gasteiger partial charge is 0.126 e. The van der Waals surface area contributed by atoms with Crippen molar-refractivity contribution in [2.45, 2.75) is 18.8 Å². The summed E-state index contributed by atoms with van der Waals surface area (Å²) in [6.45, 7) is 2.19. The van der Waals surface area contributed by atoms with Gasteiger partial charge in [-0.3, -0.25) is 4.98 Å². The van der Waals surface area contributed by atoms with E-state index in [1.807, 2.05) is 19.1 Å². The van der Waals surface area contributed by atoms with Gasteiger partial charge in [0.25, 0.3) is 0 Å². The summed E-state index contributed by atoms with van der Waals surface area (Å²) in [5.74, 6) is -1.17. The first kappa shape index (κ1) is 13.6. The highest BCUT2D eigenvalue weighted by Crippen LogP contribution is 2.28. The number of nitrogens with two attached hydrogens (primary N) is 1. The first-order chi connectivity index (χ1) is 9.03. The van der Waals surface area contributed by atoms with E-state index in [9.17, 15) is 8.78 Å². The van der Waals surface area contributed by atoms with Crippen molar-refractivity contribution in [2.24, 2.45) is 5.73 Å². The molecule has 1 atom stereocenters. The van der Waals surface area contributed by atoms with Gasteiger partial charge in [-0.15, -0.1) is 0 Å². The van der Waals surface area contributed by atoms with Crippen LogP contribution >= 0.6 is 0 Å². The molecule has 4 heteroatoms. The highest BCUT2D eigenvalue weighted by atomic mass is 19.1. The van der Waals surface area contributed by atoms with Crippen LogP contribution in [0.3, 0.4) is 0 Å². The van der Waals surface area contributed by atoms with E-state index >= 15 is 0 Å². The zero-order valence-electron chi connectivity index (χ0n) is 10.7. The molecule has 0 saturated carbocycles. The van der Waals surface area contributed by atoms with Crippen molar-refractivity contribution in [3.63, 3.8) is 0 Å². The molecule has 1 aromatic heterocycles. The fraction of sp³-hybridized carbons (Fsp3) is 0.267. The first-order valence-electron chi connectivity index (χ1n) is 6.09. The molecule has 100 valence electrons. The van der Waals surface area contributed by atoms with Gasteiger partial charge in [0, 0.05) is 30.4 Å². The SMILES string of the molecule is CC(CN)(Cc1cccnc1)c1cc(F)cc(F)c1. The Morgan fingerprint density at radius 1 is 1.21 bits per heavy atom. The third-order valence-corrected chi connectivity index (χ3v) is 3.33. The quantitative estimate of drug-likeness (QED) is 0.920. The Bertz CT molecular complexity index is 537. The third-order valence-electron chi connectivity index (χ3n) is 3.33. The standard InChI is InChI=1S/C15H16F2N2/c1-15(10-18,8-11-3-2-4-19-9-11)12-5-13(16)7-14(17)6-12/h2-7,9H,8,10,18H2,1H3. The highest BCUT2D eigenvalue weighted by molar-refractivity contribution is 5.29. The van der Waals surface area contributed by atoms with Gasteiger partial charge in [0.15, 0.2) is 0 Å². The number of aromatic nitrogens is 1. The number of rotatable bonds is 4. The first-order valence-corrected chi connectivity index (χ1v) is 6.09. The predicted molar refractivity (Wildman–Crippen MR) is 70.7 cm³/mol. The second kappa shape index (κ2) is 5.45. The van der Waals surface area contributed by atoms with Gasteiger partial charge in [-0.2, -0.15) is 0 Å². The summed E-state index contributed by atoms with van der Waals surface area (Å²) >= 11 is 0. The molecule has 0 saturated heterocycles. The Hall–Kier alpha value is -1.81. The highest BCUT2D eigenvalue weighted by Gasteiger charge is 2.26. The molecule has 2 aromatic rings. The number of hydrogen-bond donors (Lipinski definition) is 1. The second-order valence-corrected chi connectivity index (χ2v) is 4.96. The number of pyridine rings is 1. The van der Waals surface area contributed by atoms with Crippen LogP contribution in [0.5, 0.6) is 0 Å². The Labute approximate surface area is 111 Å². The van der Waals surface area contributed by atoms with E-state index in [2.05, 4.69) is 4.98 Å². The average molecular weight is 262 g/mol. The molecule has 0 aliphatic carbocycles. The van der Waals surface area contributed by atoms with Gasteiger partial charge in [-0.25, -0.2) is 8.78 Å². The molecule has 0 amide bonds. The molecule has 1 aromatic carbocycles. The Morgan fingerprint density at radius 2 is 1.89 bits per heavy atom. The Morgan fingerprint density at radius 3 is 2.42 bits per heavy atom. The van der Waals surface area contributed by atoms with E-state index in [-0.39, 0.29) is 0 Å². The number of hydrogen-bond acceptors (Lipinski definition) is 2. The minimum atomic E-state index is -0.583. The number of benzene rings is 1. The molecule has 0 aliphatic heterocycles. The van der Waals surface area contributed by atoms with E-state index in [4.69, 9.17) is 5.73 Å². The largest absolute Gasteiger partial charge is 0.330 e. The van der Waals surface area contributed by atoms with Crippen LogP contribution in [0.4, 0.5) is 8.78 Å². The average Bonchev–Trinajstić information content (AvgIpc) is 2.38. The molecule has 2 N–H and O–H groups in total. The van der Waals surface area contributed by atoms with Crippen LogP contribution in [-0.4, -0.2) is 11.5 Å². The fourth-order valence-electron chi connectivity index (χ4n) is 2.15. The van der Waals surface area contributed by atoms with E-state index in [0.29, 0.717) is 18.5 Å². The molecule has 1 unspecified atom stereocenters. The lowest BCUT2D eigenvalue weighted by atomic mass is 9.77.